The maximum absolute atomic E-state index is 13.5. The monoisotopic (exact) mass is 1440 g/mol. The summed E-state index contributed by atoms with van der Waals surface area (Å²) in [5.41, 5.74) is 11.9. The molecule has 0 bridgehead atoms. The Kier molecular flexibility index (Phi) is 43.7. The van der Waals surface area contributed by atoms with Crippen molar-refractivity contribution in [2.75, 3.05) is 31.5 Å². The number of unbranched alkanes of at least 4 members (excludes halogenated alkanes) is 5. The number of ether oxygens (including phenoxy) is 2. The molecule has 10 N–H and O–H groups in total. The van der Waals surface area contributed by atoms with Gasteiger partial charge in [-0.3, -0.25) is 62.4 Å². The first-order chi connectivity index (χ1) is 48.3. The summed E-state index contributed by atoms with van der Waals surface area (Å²) in [5, 5.41) is 16.3. The number of primary amides is 2. The fourth-order valence-electron chi connectivity index (χ4n) is 10.9. The average molecular weight is 1440 g/mol. The molecule has 1 unspecified atom stereocenters. The van der Waals surface area contributed by atoms with Crippen LogP contribution in [0.25, 0.3) is 0 Å². The van der Waals surface area contributed by atoms with Crippen LogP contribution in [0.1, 0.15) is 243 Å². The number of ketones is 4. The second-order valence-corrected chi connectivity index (χ2v) is 30.1. The molecule has 1 aliphatic rings. The molecule has 3 rings (SSSR count). The molecule has 103 heavy (non-hydrogen) atoms. The molecule has 5 atom stereocenters. The van der Waals surface area contributed by atoms with E-state index in [0.717, 1.165) is 35.3 Å². The van der Waals surface area contributed by atoms with E-state index >= 15 is 0 Å². The summed E-state index contributed by atoms with van der Waals surface area (Å²) in [5.74, 6) is -4.65. The van der Waals surface area contributed by atoms with Gasteiger partial charge in [0.05, 0.1) is 22.9 Å². The lowest BCUT2D eigenvalue weighted by Crippen LogP contribution is -2.46. The number of nitrogens with two attached hydrogens (primary N) is 2. The number of nitrogens with one attached hydrogen (secondary N) is 6. The molecule has 25 heteroatoms. The van der Waals surface area contributed by atoms with Crippen molar-refractivity contribution >= 4 is 88.3 Å². The van der Waals surface area contributed by atoms with E-state index in [9.17, 15) is 67.1 Å². The van der Waals surface area contributed by atoms with Gasteiger partial charge in [-0.05, 0) is 145 Å². The average Bonchev–Trinajstić information content (AvgIpc) is 1.71. The Labute approximate surface area is 612 Å². The minimum absolute atomic E-state index is 0.0148. The number of nitrogens with zero attached hydrogens (tertiary/aromatic N) is 1. The Morgan fingerprint density at radius 3 is 1.48 bits per heavy atom. The number of amides is 10. The van der Waals surface area contributed by atoms with E-state index in [1.165, 1.54) is 0 Å². The maximum Gasteiger partial charge on any atom is 0.312 e. The van der Waals surface area contributed by atoms with Crippen LogP contribution in [-0.2, 0) is 86.6 Å². The Morgan fingerprint density at radius 1 is 0.524 bits per heavy atom. The molecule has 1 aliphatic heterocycles. The van der Waals surface area contributed by atoms with Crippen LogP contribution in [0, 0.1) is 52.3 Å². The molecule has 10 amide bonds. The lowest BCUT2D eigenvalue weighted by Gasteiger charge is -2.24. The highest BCUT2D eigenvalue weighted by Crippen LogP contribution is 2.27. The van der Waals surface area contributed by atoms with Gasteiger partial charge >= 0.3 is 24.0 Å². The molecule has 0 radical (unpaired) electrons. The topological polar surface area (TPSA) is 385 Å². The van der Waals surface area contributed by atoms with Crippen molar-refractivity contribution in [3.05, 3.63) is 65.2 Å². The predicted octanol–water partition coefficient (Wildman–Crippen LogP) is 10.6. The number of esters is 2. The van der Waals surface area contributed by atoms with E-state index in [0.29, 0.717) is 81.5 Å². The molecule has 2 aromatic carbocycles. The zero-order chi connectivity index (χ0) is 78.2. The third-order valence-electron chi connectivity index (χ3n) is 17.1. The summed E-state index contributed by atoms with van der Waals surface area (Å²) in [6.45, 7) is 30.6. The van der Waals surface area contributed by atoms with Gasteiger partial charge in [-0.1, -0.05) is 125 Å². The lowest BCUT2D eigenvalue weighted by atomic mass is 9.88. The molecule has 0 aromatic heterocycles. The van der Waals surface area contributed by atoms with Crippen LogP contribution >= 0.6 is 0 Å². The van der Waals surface area contributed by atoms with Crippen LogP contribution in [-0.4, -0.2) is 126 Å². The molecule has 2 aromatic rings. The summed E-state index contributed by atoms with van der Waals surface area (Å²) in [4.78, 5) is 176. The summed E-state index contributed by atoms with van der Waals surface area (Å²) in [7, 11) is 0. The van der Waals surface area contributed by atoms with Gasteiger partial charge < -0.3 is 52.8 Å². The number of likely N-dealkylation sites (tertiary alicyclic amines) is 1. The quantitative estimate of drug-likeness (QED) is 0.0173. The molecule has 0 spiro atoms. The van der Waals surface area contributed by atoms with Crippen molar-refractivity contribution in [2.24, 2.45) is 63.7 Å². The number of carbonyl (C=O) groups is 14. The highest BCUT2D eigenvalue weighted by atomic mass is 16.5. The molecule has 1 saturated heterocycles. The van der Waals surface area contributed by atoms with Gasteiger partial charge in [0.1, 0.15) is 31.3 Å². The maximum atomic E-state index is 13.5. The van der Waals surface area contributed by atoms with Crippen LogP contribution in [0.2, 0.25) is 0 Å². The Balaban J connectivity index is 0.00000102. The minimum atomic E-state index is -0.857. The predicted molar refractivity (Wildman–Crippen MR) is 397 cm³/mol. The van der Waals surface area contributed by atoms with Crippen LogP contribution in [0.5, 0.6) is 0 Å². The normalized spacial score (nSPS) is 14.0. The van der Waals surface area contributed by atoms with Crippen molar-refractivity contribution in [3.63, 3.8) is 0 Å². The Hall–Kier alpha value is -8.38. The highest BCUT2D eigenvalue weighted by Gasteiger charge is 2.41. The largest absolute Gasteiger partial charge is 0.460 e. The first kappa shape index (κ1) is 92.6. The molecule has 1 fully saturated rings. The fourth-order valence-corrected chi connectivity index (χ4v) is 10.9. The van der Waals surface area contributed by atoms with Gasteiger partial charge in [-0.25, -0.2) is 9.59 Å². The number of anilines is 1. The number of urea groups is 2. The number of imide groups is 1. The van der Waals surface area contributed by atoms with Crippen LogP contribution < -0.4 is 43.4 Å². The molecular weight excluding hydrogens is 1320 g/mol. The van der Waals surface area contributed by atoms with E-state index in [1.54, 1.807) is 90.1 Å². The van der Waals surface area contributed by atoms with Gasteiger partial charge in [-0.2, -0.15) is 0 Å². The molecule has 25 nitrogen and oxygen atoms in total. The Morgan fingerprint density at radius 2 is 1.00 bits per heavy atom. The lowest BCUT2D eigenvalue weighted by molar-refractivity contribution is -0.155. The summed E-state index contributed by atoms with van der Waals surface area (Å²) >= 11 is 0. The van der Waals surface area contributed by atoms with Crippen LogP contribution in [0.15, 0.2) is 48.5 Å². The van der Waals surface area contributed by atoms with Crippen LogP contribution in [0.4, 0.5) is 15.3 Å². The summed E-state index contributed by atoms with van der Waals surface area (Å²) in [6, 6.07) is 11.0. The van der Waals surface area contributed by atoms with Crippen LogP contribution in [0.3, 0.4) is 0 Å². The number of hydrogen-bond acceptors (Lipinski definition) is 16. The van der Waals surface area contributed by atoms with Gasteiger partial charge in [0.2, 0.25) is 35.4 Å². The molecule has 0 aliphatic carbocycles. The van der Waals surface area contributed by atoms with Crippen molar-refractivity contribution in [1.29, 1.82) is 0 Å². The van der Waals surface area contributed by atoms with E-state index in [1.807, 2.05) is 69.2 Å². The Bertz CT molecular complexity index is 3060. The second-order valence-electron chi connectivity index (χ2n) is 30.1. The number of benzene rings is 2. The SMILES string of the molecule is CC.CC(C)C1CC(=O)N(CC(=O)NCCCCCC(=O)C[C@H](C(=O)N[C@@H](CCCNC(N)=O)C(=O)Cc2ccc(COC(=O)C(C)(C)C)cc2)C(C)C)C1=O.CC(C)CC(=O)CCCCCCC(=O)N[C@H](C(=O)C[C@@H](CCCNC(N)=O)C(=O)Nc1ccc(COC(=O)C(C)(C)C)cc1)C(C)C. The number of Topliss-reactive ketones (excluding diaryl/α,β-unsaturated/α-hetero) is 4. The summed E-state index contributed by atoms with van der Waals surface area (Å²) in [6.07, 6.45) is 8.18. The van der Waals surface area contributed by atoms with Crippen molar-refractivity contribution in [2.45, 2.75) is 258 Å². The highest BCUT2D eigenvalue weighted by molar-refractivity contribution is 6.06. The third kappa shape index (κ3) is 39.2. The zero-order valence-corrected chi connectivity index (χ0v) is 64.6. The van der Waals surface area contributed by atoms with Gasteiger partial charge in [0.15, 0.2) is 11.6 Å². The van der Waals surface area contributed by atoms with Gasteiger partial charge in [-0.15, -0.1) is 0 Å². The van der Waals surface area contributed by atoms with E-state index < -0.39 is 58.6 Å². The summed E-state index contributed by atoms with van der Waals surface area (Å²) < 4.78 is 10.7. The van der Waals surface area contributed by atoms with E-state index in [2.05, 4.69) is 31.9 Å². The number of carbonyl (C=O) groups excluding carboxylic acids is 14. The standard InChI is InChI=1S/C40H61N5O9.C36H58N4O7.C2H6/c1-25(2)30(21-29(46)12-9-8-10-18-42-34(48)23-45-35(49)22-31(26(3)4)37(45)51)36(50)44-32(13-11-19-43-39(41)53)33(47)20-27-14-16-28(17-15-27)24-54-38(52)40(5,6)7;1-24(2)21-29(41)14-10-8-9-11-15-31(43)40-32(25(3)4)30(42)22-27(13-12-20-38-35(37)46)33(44)39-28-18-16-26(17-19-28)23-47-34(45)36(5,6)7;1-2/h14-17,25-26,30-32H,8-13,18-24H2,1-7H3,(H,42,48)(H,44,50)(H3,41,43,53);16-19,24-25,27,32H,8-15,20-23H2,1-7H3,(H,39,44)(H,40,43)(H3,37,38,46);1-2H3/t30-,31?,32-;27-,32+;/m01./s1. The smallest absolute Gasteiger partial charge is 0.312 e. The minimum Gasteiger partial charge on any atom is -0.460 e. The van der Waals surface area contributed by atoms with E-state index in [4.69, 9.17) is 20.9 Å². The first-order valence-corrected chi connectivity index (χ1v) is 37.0. The van der Waals surface area contributed by atoms with Crippen molar-refractivity contribution in [1.82, 2.24) is 31.5 Å². The first-order valence-electron chi connectivity index (χ1n) is 37.0. The number of hydrogen-bond donors (Lipinski definition) is 8. The van der Waals surface area contributed by atoms with Gasteiger partial charge in [0.25, 0.3) is 0 Å². The van der Waals surface area contributed by atoms with E-state index in [-0.39, 0.29) is 160 Å². The fraction of sp³-hybridized carbons (Fsp3) is 0.667. The molecule has 578 valence electrons. The second kappa shape index (κ2) is 48.5. The third-order valence-corrected chi connectivity index (χ3v) is 17.1. The van der Waals surface area contributed by atoms with Gasteiger partial charge in [0, 0.05) is 94.4 Å². The molecular formula is C78H125N9O16. The number of rotatable bonds is 45. The van der Waals surface area contributed by atoms with Crippen molar-refractivity contribution < 1.29 is 76.6 Å². The zero-order valence-electron chi connectivity index (χ0n) is 64.6. The van der Waals surface area contributed by atoms with Crippen molar-refractivity contribution in [3.8, 4) is 0 Å². The molecule has 0 saturated carbocycles. The molecule has 1 heterocycles.